The van der Waals surface area contributed by atoms with Crippen LogP contribution in [0, 0.1) is 6.92 Å². The van der Waals surface area contributed by atoms with E-state index in [9.17, 15) is 0 Å². The minimum absolute atomic E-state index is 0. The minimum atomic E-state index is -1.13. The Morgan fingerprint density at radius 2 is 1.50 bits per heavy atom. The van der Waals surface area contributed by atoms with Crippen molar-refractivity contribution in [3.05, 3.63) is 125 Å². The molecule has 0 amide bonds. The molecule has 5 aromatic rings. The number of halogens is 2. The molecule has 1 nitrogen and oxygen atoms in total. The van der Waals surface area contributed by atoms with E-state index in [1.807, 2.05) is 0 Å². The summed E-state index contributed by atoms with van der Waals surface area (Å²) in [6.45, 7) is 18.5. The molecule has 1 unspecified atom stereocenters. The van der Waals surface area contributed by atoms with Crippen LogP contribution in [0.1, 0.15) is 74.4 Å². The molecule has 4 aromatic carbocycles. The molecule has 1 aromatic heterocycles. The average Bonchev–Trinajstić information content (AvgIpc) is 3.64. The van der Waals surface area contributed by atoms with Gasteiger partial charge in [-0.25, -0.2) is 0 Å². The molecule has 227 valence electrons. The summed E-state index contributed by atoms with van der Waals surface area (Å²) in [4.78, 5) is 0. The van der Waals surface area contributed by atoms with Crippen LogP contribution in [-0.4, -0.2) is 12.6 Å². The first-order valence-corrected chi connectivity index (χ1v) is 18.4. The maximum atomic E-state index is 2.51. The number of allylic oxidation sites excluding steroid dienone is 1. The first-order valence-electron chi connectivity index (χ1n) is 15.3. The molecular weight excluding hydrogens is 673 g/mol. The van der Waals surface area contributed by atoms with Crippen LogP contribution in [0.3, 0.4) is 0 Å². The van der Waals surface area contributed by atoms with Gasteiger partial charge in [0.25, 0.3) is 0 Å². The normalized spacial score (nSPS) is 15.7. The van der Waals surface area contributed by atoms with Gasteiger partial charge in [-0.05, 0) is 60.1 Å². The number of fused-ring (bicyclic) bond motifs is 1. The van der Waals surface area contributed by atoms with Crippen LogP contribution < -0.4 is 24.8 Å². The fourth-order valence-corrected chi connectivity index (χ4v) is 11.7. The summed E-state index contributed by atoms with van der Waals surface area (Å²) in [6.07, 6.45) is 7.08. The van der Waals surface area contributed by atoms with Crippen molar-refractivity contribution in [2.24, 2.45) is 0 Å². The van der Waals surface area contributed by atoms with E-state index in [0.717, 1.165) is 12.0 Å². The third kappa shape index (κ3) is 6.46. The molecule has 3 aliphatic rings. The molecule has 2 bridgehead atoms. The summed E-state index contributed by atoms with van der Waals surface area (Å²) in [5, 5.41) is 4.47. The molecule has 2 aliphatic heterocycles. The molecule has 0 saturated carbocycles. The molecule has 1 aliphatic carbocycles. The van der Waals surface area contributed by atoms with Gasteiger partial charge in [-0.2, -0.15) is 6.07 Å². The van der Waals surface area contributed by atoms with E-state index in [-0.39, 0.29) is 56.4 Å². The van der Waals surface area contributed by atoms with Crippen molar-refractivity contribution in [1.82, 2.24) is 4.57 Å². The molecule has 44 heavy (non-hydrogen) atoms. The second kappa shape index (κ2) is 13.8. The van der Waals surface area contributed by atoms with E-state index in [0.29, 0.717) is 0 Å². The number of hydrogen-bond acceptors (Lipinski definition) is 0. The van der Waals surface area contributed by atoms with Crippen molar-refractivity contribution in [3.63, 3.8) is 0 Å². The first-order chi connectivity index (χ1) is 19.5. The number of aryl methyl sites for hydroxylation is 2. The Kier molecular flexibility index (Phi) is 11.4. The maximum absolute atomic E-state index is 2.51. The van der Waals surface area contributed by atoms with Gasteiger partial charge in [0, 0.05) is 23.6 Å². The van der Waals surface area contributed by atoms with Crippen LogP contribution in [0.5, 0.6) is 0 Å². The maximum Gasteiger partial charge on any atom is 3.00 e. The Morgan fingerprint density at radius 1 is 0.841 bits per heavy atom. The van der Waals surface area contributed by atoms with Crippen molar-refractivity contribution in [2.75, 3.05) is 0 Å². The summed E-state index contributed by atoms with van der Waals surface area (Å²) in [5.41, 5.74) is 13.9. The van der Waals surface area contributed by atoms with Gasteiger partial charge in [0.1, 0.15) is 0 Å². The van der Waals surface area contributed by atoms with E-state index < -0.39 is 8.07 Å². The quantitative estimate of drug-likeness (QED) is 0.184. The van der Waals surface area contributed by atoms with Crippen LogP contribution in [-0.2, 0) is 38.0 Å². The number of rotatable bonds is 4. The SMILES string of the molecule is CC1=C2c3cn(-c4ccc(C)cc4)cc3C1[Si]2(C)C.CCCc1cc2c(-c3ccc(C(C)(C)C)cc3)cccc2[cH-]1.[Cl-].[Cl-].[Zr+3]. The molecule has 0 N–H and O–H groups in total. The molecule has 0 fully saturated rings. The zero-order valence-electron chi connectivity index (χ0n) is 27.4. The van der Waals surface area contributed by atoms with Crippen molar-refractivity contribution in [2.45, 2.75) is 78.4 Å². The molecular formula is C39H44Cl2NSiZr. The Bertz CT molecular complexity index is 1770. The van der Waals surface area contributed by atoms with Crippen molar-refractivity contribution in [1.29, 1.82) is 0 Å². The van der Waals surface area contributed by atoms with E-state index in [1.54, 1.807) is 21.9 Å². The van der Waals surface area contributed by atoms with E-state index in [1.165, 1.54) is 50.7 Å². The summed E-state index contributed by atoms with van der Waals surface area (Å²) >= 11 is 0. The molecule has 8 rings (SSSR count). The largest absolute Gasteiger partial charge is 3.00 e. The number of aromatic nitrogens is 1. The fourth-order valence-electron chi connectivity index (χ4n) is 7.35. The van der Waals surface area contributed by atoms with Crippen molar-refractivity contribution < 1.29 is 51.0 Å². The number of benzene rings is 3. The molecule has 3 heterocycles. The Labute approximate surface area is 297 Å². The van der Waals surface area contributed by atoms with Gasteiger partial charge < -0.3 is 29.4 Å². The zero-order chi connectivity index (χ0) is 29.1. The van der Waals surface area contributed by atoms with Crippen molar-refractivity contribution >= 4 is 24.0 Å². The Morgan fingerprint density at radius 3 is 2.07 bits per heavy atom. The summed E-state index contributed by atoms with van der Waals surface area (Å²) in [5.74, 6) is 0. The van der Waals surface area contributed by atoms with Gasteiger partial charge in [-0.15, -0.1) is 34.5 Å². The van der Waals surface area contributed by atoms with Crippen LogP contribution in [0.15, 0.2) is 96.8 Å². The average molecular weight is 717 g/mol. The van der Waals surface area contributed by atoms with Gasteiger partial charge >= 0.3 is 26.2 Å². The predicted molar refractivity (Wildman–Crippen MR) is 181 cm³/mol. The van der Waals surface area contributed by atoms with Gasteiger partial charge in [-0.3, -0.25) is 0 Å². The smallest absolute Gasteiger partial charge is 1.00 e. The minimum Gasteiger partial charge on any atom is -1.00 e. The molecule has 5 heteroatoms. The van der Waals surface area contributed by atoms with Crippen LogP contribution in [0.2, 0.25) is 13.1 Å². The second-order valence-corrected chi connectivity index (χ2v) is 18.4. The van der Waals surface area contributed by atoms with E-state index in [4.69, 9.17) is 0 Å². The van der Waals surface area contributed by atoms with Gasteiger partial charge in [-0.1, -0.05) is 112 Å². The Balaban J connectivity index is 0.000000227. The monoisotopic (exact) mass is 714 g/mol. The first kappa shape index (κ1) is 36.4. The molecule has 1 radical (unpaired) electrons. The van der Waals surface area contributed by atoms with Gasteiger partial charge in [0.05, 0.1) is 8.07 Å². The summed E-state index contributed by atoms with van der Waals surface area (Å²) < 4.78 is 2.30. The van der Waals surface area contributed by atoms with E-state index >= 15 is 0 Å². The van der Waals surface area contributed by atoms with Crippen LogP contribution >= 0.6 is 0 Å². The van der Waals surface area contributed by atoms with Gasteiger partial charge in [0.2, 0.25) is 0 Å². The van der Waals surface area contributed by atoms with Gasteiger partial charge in [0.15, 0.2) is 0 Å². The number of nitrogens with zero attached hydrogens (tertiary/aromatic N) is 1. The molecule has 0 saturated heterocycles. The number of hydrogen-bond donors (Lipinski definition) is 0. The molecule has 1 atom stereocenters. The van der Waals surface area contributed by atoms with Crippen LogP contribution in [0.4, 0.5) is 0 Å². The summed E-state index contributed by atoms with van der Waals surface area (Å²) in [7, 11) is -1.13. The predicted octanol–water partition coefficient (Wildman–Crippen LogP) is 4.94. The summed E-state index contributed by atoms with van der Waals surface area (Å²) in [6, 6.07) is 29.2. The zero-order valence-corrected chi connectivity index (χ0v) is 32.3. The topological polar surface area (TPSA) is 4.93 Å². The second-order valence-electron chi connectivity index (χ2n) is 13.8. The Hall–Kier alpha value is -2.03. The molecule has 0 spiro atoms. The van der Waals surface area contributed by atoms with Crippen LogP contribution in [0.25, 0.3) is 32.8 Å². The fraction of sp³-hybridized carbons (Fsp3) is 0.308. The standard InChI is InChI=1S/C22H25.C17H19NSi.2ClH.Zr/c1-5-7-16-14-18-8-6-9-20(21(18)15-16)17-10-12-19(13-11-17)22(2,3)4;1-11-5-7-13(8-6-11)18-9-14-15(10-18)17-12(2)16(14)19(17,3)4;;;/h6,8-15H,5,7H2,1-4H3;5-10,16H,1-4H3;2*1H;/q-1;;;;+3/p-2. The third-order valence-electron chi connectivity index (χ3n) is 9.37. The third-order valence-corrected chi connectivity index (χ3v) is 13.5. The van der Waals surface area contributed by atoms with Crippen molar-refractivity contribution in [3.8, 4) is 16.8 Å². The van der Waals surface area contributed by atoms with E-state index in [2.05, 4.69) is 150 Å².